The van der Waals surface area contributed by atoms with Crippen LogP contribution in [0.2, 0.25) is 5.15 Å². The Morgan fingerprint density at radius 3 is 2.90 bits per heavy atom. The number of hydrogen-bond donors (Lipinski definition) is 2. The van der Waals surface area contributed by atoms with Crippen molar-refractivity contribution in [2.24, 2.45) is 7.05 Å². The number of aryl methyl sites for hydroxylation is 1. The first kappa shape index (κ1) is 20.6. The second kappa shape index (κ2) is 8.99. The van der Waals surface area contributed by atoms with Crippen LogP contribution in [-0.4, -0.2) is 62.1 Å². The largest absolute Gasteiger partial charge is 0.492 e. The average molecular weight is 429 g/mol. The number of β-amino-alcohol motifs (C(OH)–C–C–N with tert-alkyl or cyclic N) is 1. The molecule has 1 unspecified atom stereocenters. The van der Waals surface area contributed by atoms with Crippen molar-refractivity contribution in [3.05, 3.63) is 52.9 Å². The molecule has 0 spiro atoms. The normalized spacial score (nSPS) is 16.8. The lowest BCUT2D eigenvalue weighted by Gasteiger charge is -2.16. The van der Waals surface area contributed by atoms with Crippen LogP contribution in [-0.2, 0) is 13.5 Å². The van der Waals surface area contributed by atoms with Gasteiger partial charge in [-0.1, -0.05) is 29.8 Å². The third-order valence-corrected chi connectivity index (χ3v) is 5.33. The molecule has 1 aromatic carbocycles. The van der Waals surface area contributed by atoms with Gasteiger partial charge in [0.25, 0.3) is 0 Å². The summed E-state index contributed by atoms with van der Waals surface area (Å²) in [5.74, 6) is 0.956. The molecule has 1 aliphatic rings. The summed E-state index contributed by atoms with van der Waals surface area (Å²) in [6, 6.07) is 9.64. The highest BCUT2D eigenvalue weighted by atomic mass is 35.5. The Labute approximate surface area is 180 Å². The number of benzene rings is 1. The molecule has 3 aromatic rings. The first-order chi connectivity index (χ1) is 14.5. The van der Waals surface area contributed by atoms with E-state index < -0.39 is 0 Å². The van der Waals surface area contributed by atoms with E-state index in [1.165, 1.54) is 0 Å². The zero-order valence-electron chi connectivity index (χ0n) is 16.8. The Balaban J connectivity index is 1.51. The minimum absolute atomic E-state index is 0.128. The number of likely N-dealkylation sites (tertiary alicyclic amines) is 1. The predicted octanol–water partition coefficient (Wildman–Crippen LogP) is 2.15. The van der Waals surface area contributed by atoms with Crippen molar-refractivity contribution in [1.29, 1.82) is 0 Å². The van der Waals surface area contributed by atoms with Crippen LogP contribution in [0.15, 0.2) is 36.5 Å². The van der Waals surface area contributed by atoms with Gasteiger partial charge >= 0.3 is 0 Å². The number of nitrogens with two attached hydrogens (primary N) is 1. The SMILES string of the molecule is Cn1cc(-c2cc(Cl)nc(N)n2)c(Cc2ccccc2OCCN2CCC(O)C2)n1. The lowest BCUT2D eigenvalue weighted by atomic mass is 10.0. The number of halogens is 1. The van der Waals surface area contributed by atoms with Gasteiger partial charge in [-0.05, 0) is 12.5 Å². The van der Waals surface area contributed by atoms with Gasteiger partial charge in [0, 0.05) is 56.5 Å². The molecule has 1 atom stereocenters. The molecule has 8 nitrogen and oxygen atoms in total. The molecule has 0 aliphatic carbocycles. The number of aromatic nitrogens is 4. The third kappa shape index (κ3) is 4.89. The lowest BCUT2D eigenvalue weighted by molar-refractivity contribution is 0.167. The van der Waals surface area contributed by atoms with Gasteiger partial charge in [-0.3, -0.25) is 9.58 Å². The molecule has 3 N–H and O–H groups in total. The molecule has 30 heavy (non-hydrogen) atoms. The molecule has 1 aliphatic heterocycles. The van der Waals surface area contributed by atoms with Crippen LogP contribution in [0, 0.1) is 0 Å². The van der Waals surface area contributed by atoms with E-state index in [4.69, 9.17) is 22.1 Å². The Bertz CT molecular complexity index is 1000. The number of aliphatic hydroxyl groups is 1. The van der Waals surface area contributed by atoms with Crippen molar-refractivity contribution < 1.29 is 9.84 Å². The Morgan fingerprint density at radius 1 is 1.30 bits per heavy atom. The molecule has 0 saturated carbocycles. The summed E-state index contributed by atoms with van der Waals surface area (Å²) in [6.07, 6.45) is 3.09. The first-order valence-corrected chi connectivity index (χ1v) is 10.3. The van der Waals surface area contributed by atoms with Crippen LogP contribution in [0.4, 0.5) is 5.95 Å². The van der Waals surface area contributed by atoms with Gasteiger partial charge < -0.3 is 15.6 Å². The summed E-state index contributed by atoms with van der Waals surface area (Å²) in [6.45, 7) is 2.98. The molecule has 0 radical (unpaired) electrons. The molecule has 158 valence electrons. The Morgan fingerprint density at radius 2 is 2.13 bits per heavy atom. The summed E-state index contributed by atoms with van der Waals surface area (Å²) in [7, 11) is 1.87. The summed E-state index contributed by atoms with van der Waals surface area (Å²) < 4.78 is 7.82. The highest BCUT2D eigenvalue weighted by Crippen LogP contribution is 2.28. The van der Waals surface area contributed by atoms with Crippen LogP contribution in [0.5, 0.6) is 5.75 Å². The summed E-state index contributed by atoms with van der Waals surface area (Å²) in [5, 5.41) is 14.6. The summed E-state index contributed by atoms with van der Waals surface area (Å²) in [5.41, 5.74) is 9.15. The monoisotopic (exact) mass is 428 g/mol. The van der Waals surface area contributed by atoms with E-state index in [1.54, 1.807) is 10.7 Å². The molecule has 3 heterocycles. The van der Waals surface area contributed by atoms with Crippen molar-refractivity contribution >= 4 is 17.5 Å². The minimum atomic E-state index is -0.218. The van der Waals surface area contributed by atoms with Crippen LogP contribution in [0.25, 0.3) is 11.3 Å². The number of para-hydroxylation sites is 1. The minimum Gasteiger partial charge on any atom is -0.492 e. The molecule has 9 heteroatoms. The van der Waals surface area contributed by atoms with Gasteiger partial charge in [0.2, 0.25) is 5.95 Å². The van der Waals surface area contributed by atoms with Gasteiger partial charge in [-0.2, -0.15) is 5.10 Å². The second-order valence-electron chi connectivity index (χ2n) is 7.47. The van der Waals surface area contributed by atoms with Gasteiger partial charge in [-0.15, -0.1) is 0 Å². The highest BCUT2D eigenvalue weighted by molar-refractivity contribution is 6.29. The molecular formula is C21H25ClN6O2. The molecule has 4 rings (SSSR count). The Kier molecular flexibility index (Phi) is 6.17. The fourth-order valence-electron chi connectivity index (χ4n) is 3.72. The van der Waals surface area contributed by atoms with Crippen molar-refractivity contribution in [1.82, 2.24) is 24.6 Å². The molecule has 0 bridgehead atoms. The van der Waals surface area contributed by atoms with Crippen LogP contribution in [0.3, 0.4) is 0 Å². The topological polar surface area (TPSA) is 102 Å². The maximum atomic E-state index is 9.66. The predicted molar refractivity (Wildman–Crippen MR) is 115 cm³/mol. The zero-order chi connectivity index (χ0) is 21.1. The fraction of sp³-hybridized carbons (Fsp3) is 0.381. The number of ether oxygens (including phenoxy) is 1. The van der Waals surface area contributed by atoms with Gasteiger partial charge in [0.15, 0.2) is 0 Å². The van der Waals surface area contributed by atoms with Crippen molar-refractivity contribution in [2.45, 2.75) is 18.9 Å². The van der Waals surface area contributed by atoms with E-state index >= 15 is 0 Å². The van der Waals surface area contributed by atoms with Crippen LogP contribution >= 0.6 is 11.6 Å². The number of anilines is 1. The maximum Gasteiger partial charge on any atom is 0.221 e. The quantitative estimate of drug-likeness (QED) is 0.556. The van der Waals surface area contributed by atoms with Crippen molar-refractivity contribution in [2.75, 3.05) is 32.0 Å². The van der Waals surface area contributed by atoms with Gasteiger partial charge in [0.05, 0.1) is 17.5 Å². The highest BCUT2D eigenvalue weighted by Gasteiger charge is 2.20. The van der Waals surface area contributed by atoms with Crippen LogP contribution in [0.1, 0.15) is 17.7 Å². The number of aliphatic hydroxyl groups excluding tert-OH is 1. The molecule has 2 aromatic heterocycles. The number of nitrogen functional groups attached to an aromatic ring is 1. The maximum absolute atomic E-state index is 9.66. The Hall–Kier alpha value is -2.68. The number of nitrogens with zero attached hydrogens (tertiary/aromatic N) is 5. The lowest BCUT2D eigenvalue weighted by Crippen LogP contribution is -2.27. The molecule has 1 saturated heterocycles. The standard InChI is InChI=1S/C21H25ClN6O2/c1-27-13-16(17-11-20(22)25-21(23)24-17)18(26-27)10-14-4-2-3-5-19(14)30-9-8-28-7-6-15(29)12-28/h2-5,11,13,15,29H,6-10,12H2,1H3,(H2,23,24,25). The van der Waals surface area contributed by atoms with Gasteiger partial charge in [0.1, 0.15) is 17.5 Å². The molecular weight excluding hydrogens is 404 g/mol. The van der Waals surface area contributed by atoms with E-state index in [0.29, 0.717) is 30.4 Å². The van der Waals surface area contributed by atoms with E-state index in [9.17, 15) is 5.11 Å². The first-order valence-electron chi connectivity index (χ1n) is 9.92. The van der Waals surface area contributed by atoms with E-state index in [-0.39, 0.29) is 12.1 Å². The zero-order valence-corrected chi connectivity index (χ0v) is 17.6. The molecule has 0 amide bonds. The number of hydrogen-bond acceptors (Lipinski definition) is 7. The molecule has 1 fully saturated rings. The summed E-state index contributed by atoms with van der Waals surface area (Å²) in [4.78, 5) is 10.5. The van der Waals surface area contributed by atoms with Crippen LogP contribution < -0.4 is 10.5 Å². The average Bonchev–Trinajstić information content (AvgIpc) is 3.27. The van der Waals surface area contributed by atoms with E-state index in [2.05, 4.69) is 20.0 Å². The van der Waals surface area contributed by atoms with Crippen molar-refractivity contribution in [3.8, 4) is 17.0 Å². The smallest absolute Gasteiger partial charge is 0.221 e. The third-order valence-electron chi connectivity index (χ3n) is 5.14. The van der Waals surface area contributed by atoms with E-state index in [0.717, 1.165) is 42.1 Å². The number of rotatable bonds is 7. The second-order valence-corrected chi connectivity index (χ2v) is 7.86. The van der Waals surface area contributed by atoms with Gasteiger partial charge in [-0.25, -0.2) is 9.97 Å². The van der Waals surface area contributed by atoms with Crippen molar-refractivity contribution in [3.63, 3.8) is 0 Å². The summed E-state index contributed by atoms with van der Waals surface area (Å²) >= 11 is 6.07. The van der Waals surface area contributed by atoms with E-state index in [1.807, 2.05) is 37.5 Å². The fourth-order valence-corrected chi connectivity index (χ4v) is 3.91.